The van der Waals surface area contributed by atoms with Gasteiger partial charge in [0.2, 0.25) is 5.91 Å². The van der Waals surface area contributed by atoms with Crippen molar-refractivity contribution in [3.05, 3.63) is 29.8 Å². The van der Waals surface area contributed by atoms with E-state index < -0.39 is 0 Å². The fourth-order valence-electron chi connectivity index (χ4n) is 2.77. The second kappa shape index (κ2) is 9.01. The van der Waals surface area contributed by atoms with Gasteiger partial charge in [-0.1, -0.05) is 12.1 Å². The summed E-state index contributed by atoms with van der Waals surface area (Å²) >= 11 is 0. The van der Waals surface area contributed by atoms with Crippen LogP contribution in [0.5, 0.6) is 0 Å². The number of carbonyl (C=O) groups is 1. The molecule has 5 heteroatoms. The van der Waals surface area contributed by atoms with E-state index >= 15 is 0 Å². The maximum atomic E-state index is 12.2. The summed E-state index contributed by atoms with van der Waals surface area (Å²) in [7, 11) is 0. The van der Waals surface area contributed by atoms with Crippen molar-refractivity contribution in [1.82, 2.24) is 0 Å². The summed E-state index contributed by atoms with van der Waals surface area (Å²) in [6.07, 6.45) is 2.82. The quantitative estimate of drug-likeness (QED) is 0.722. The van der Waals surface area contributed by atoms with Crippen LogP contribution in [0.4, 0.5) is 5.69 Å². The van der Waals surface area contributed by atoms with Crippen LogP contribution in [0.2, 0.25) is 0 Å². The molecular weight excluding hydrogens is 292 g/mol. The number of nitrogens with one attached hydrogen (secondary N) is 1. The number of benzene rings is 1. The molecule has 1 aromatic rings. The molecule has 1 amide bonds. The number of hydrogen-bond donors (Lipinski definition) is 2. The second-order valence-electron chi connectivity index (χ2n) is 6.43. The lowest BCUT2D eigenvalue weighted by Gasteiger charge is -2.12. The van der Waals surface area contributed by atoms with Crippen LogP contribution in [-0.2, 0) is 20.9 Å². The van der Waals surface area contributed by atoms with Gasteiger partial charge in [-0.05, 0) is 50.8 Å². The third kappa shape index (κ3) is 6.29. The Balaban J connectivity index is 1.76. The van der Waals surface area contributed by atoms with Crippen molar-refractivity contribution in [3.8, 4) is 0 Å². The van der Waals surface area contributed by atoms with Gasteiger partial charge in [-0.15, -0.1) is 0 Å². The van der Waals surface area contributed by atoms with Crippen molar-refractivity contribution in [2.75, 3.05) is 18.5 Å². The van der Waals surface area contributed by atoms with Crippen LogP contribution in [0.1, 0.15) is 38.7 Å². The van der Waals surface area contributed by atoms with Crippen LogP contribution in [0.15, 0.2) is 24.3 Å². The lowest BCUT2D eigenvalue weighted by molar-refractivity contribution is -0.119. The van der Waals surface area contributed by atoms with Crippen LogP contribution >= 0.6 is 0 Å². The third-order valence-electron chi connectivity index (χ3n) is 3.99. The zero-order chi connectivity index (χ0) is 16.7. The maximum Gasteiger partial charge on any atom is 0.227 e. The molecule has 1 saturated carbocycles. The average molecular weight is 320 g/mol. The molecule has 1 aromatic carbocycles. The van der Waals surface area contributed by atoms with E-state index in [1.165, 1.54) is 0 Å². The van der Waals surface area contributed by atoms with Gasteiger partial charge in [0.1, 0.15) is 0 Å². The van der Waals surface area contributed by atoms with E-state index in [9.17, 15) is 4.79 Å². The van der Waals surface area contributed by atoms with Gasteiger partial charge in [0.15, 0.2) is 0 Å². The molecule has 2 rings (SSSR count). The molecule has 1 aliphatic carbocycles. The monoisotopic (exact) mass is 320 g/mol. The van der Waals surface area contributed by atoms with Gasteiger partial charge in [-0.3, -0.25) is 4.79 Å². The molecule has 3 N–H and O–H groups in total. The van der Waals surface area contributed by atoms with Gasteiger partial charge >= 0.3 is 0 Å². The Morgan fingerprint density at radius 2 is 2.17 bits per heavy atom. The predicted octanol–water partition coefficient (Wildman–Crippen LogP) is 2.69. The first-order valence-electron chi connectivity index (χ1n) is 8.39. The molecule has 23 heavy (non-hydrogen) atoms. The molecule has 0 aliphatic heterocycles. The number of carbonyl (C=O) groups excluding carboxylic acids is 1. The first-order chi connectivity index (χ1) is 11.0. The Labute approximate surface area is 138 Å². The van der Waals surface area contributed by atoms with Gasteiger partial charge in [0, 0.05) is 17.6 Å². The van der Waals surface area contributed by atoms with E-state index in [1.54, 1.807) is 0 Å². The van der Waals surface area contributed by atoms with Crippen LogP contribution in [0.3, 0.4) is 0 Å². The SMILES string of the molecule is CC(C)OCCOCc1cccc(NC(=O)C2CCC(N)C2)c1. The molecule has 2 unspecified atom stereocenters. The Bertz CT molecular complexity index is 505. The normalized spacial score (nSPS) is 20.9. The third-order valence-corrected chi connectivity index (χ3v) is 3.99. The zero-order valence-electron chi connectivity index (χ0n) is 14.1. The minimum atomic E-state index is 0.0399. The number of anilines is 1. The second-order valence-corrected chi connectivity index (χ2v) is 6.43. The smallest absolute Gasteiger partial charge is 0.227 e. The summed E-state index contributed by atoms with van der Waals surface area (Å²) in [6.45, 7) is 5.68. The van der Waals surface area contributed by atoms with Crippen molar-refractivity contribution in [3.63, 3.8) is 0 Å². The van der Waals surface area contributed by atoms with Crippen molar-refractivity contribution in [2.45, 2.75) is 51.9 Å². The molecule has 0 bridgehead atoms. The van der Waals surface area contributed by atoms with E-state index in [4.69, 9.17) is 15.2 Å². The minimum Gasteiger partial charge on any atom is -0.376 e. The molecule has 1 aliphatic rings. The van der Waals surface area contributed by atoms with E-state index in [2.05, 4.69) is 5.32 Å². The summed E-state index contributed by atoms with van der Waals surface area (Å²) in [6, 6.07) is 7.94. The summed E-state index contributed by atoms with van der Waals surface area (Å²) < 4.78 is 11.0. The van der Waals surface area contributed by atoms with Crippen molar-refractivity contribution >= 4 is 11.6 Å². The number of amides is 1. The predicted molar refractivity (Wildman–Crippen MR) is 91.1 cm³/mol. The van der Waals surface area contributed by atoms with Crippen LogP contribution in [0, 0.1) is 5.92 Å². The molecule has 0 spiro atoms. The number of ether oxygens (including phenoxy) is 2. The minimum absolute atomic E-state index is 0.0399. The highest BCUT2D eigenvalue weighted by Crippen LogP contribution is 2.25. The summed E-state index contributed by atoms with van der Waals surface area (Å²) in [5, 5.41) is 2.99. The van der Waals surface area contributed by atoms with Crippen LogP contribution in [-0.4, -0.2) is 31.3 Å². The highest BCUT2D eigenvalue weighted by molar-refractivity contribution is 5.92. The highest BCUT2D eigenvalue weighted by Gasteiger charge is 2.27. The molecule has 128 valence electrons. The topological polar surface area (TPSA) is 73.6 Å². The molecule has 2 atom stereocenters. The highest BCUT2D eigenvalue weighted by atomic mass is 16.5. The lowest BCUT2D eigenvalue weighted by atomic mass is 10.1. The van der Waals surface area contributed by atoms with E-state index in [1.807, 2.05) is 38.1 Å². The van der Waals surface area contributed by atoms with Gasteiger partial charge in [-0.25, -0.2) is 0 Å². The van der Waals surface area contributed by atoms with E-state index in [-0.39, 0.29) is 24.0 Å². The summed E-state index contributed by atoms with van der Waals surface area (Å²) in [4.78, 5) is 12.2. The maximum absolute atomic E-state index is 12.2. The summed E-state index contributed by atoms with van der Waals surface area (Å²) in [5.41, 5.74) is 7.72. The Hall–Kier alpha value is -1.43. The fourth-order valence-corrected chi connectivity index (χ4v) is 2.77. The van der Waals surface area contributed by atoms with Crippen molar-refractivity contribution < 1.29 is 14.3 Å². The van der Waals surface area contributed by atoms with Gasteiger partial charge in [0.25, 0.3) is 0 Å². The van der Waals surface area contributed by atoms with Gasteiger partial charge < -0.3 is 20.5 Å². The number of hydrogen-bond acceptors (Lipinski definition) is 4. The van der Waals surface area contributed by atoms with Crippen LogP contribution < -0.4 is 11.1 Å². The standard InChI is InChI=1S/C18H28N2O3/c1-13(2)23-9-8-22-12-14-4-3-5-17(10-14)20-18(21)15-6-7-16(19)11-15/h3-5,10,13,15-16H,6-9,11-12,19H2,1-2H3,(H,20,21). The Morgan fingerprint density at radius 3 is 2.87 bits per heavy atom. The Kier molecular flexibility index (Phi) is 7.02. The number of nitrogens with two attached hydrogens (primary N) is 1. The number of rotatable bonds is 8. The molecule has 0 heterocycles. The average Bonchev–Trinajstić information content (AvgIpc) is 2.94. The van der Waals surface area contributed by atoms with Crippen molar-refractivity contribution in [1.29, 1.82) is 0 Å². The summed E-state index contributed by atoms with van der Waals surface area (Å²) in [5.74, 6) is 0.111. The Morgan fingerprint density at radius 1 is 1.35 bits per heavy atom. The zero-order valence-corrected chi connectivity index (χ0v) is 14.1. The van der Waals surface area contributed by atoms with Gasteiger partial charge in [-0.2, -0.15) is 0 Å². The molecular formula is C18H28N2O3. The first kappa shape index (κ1) is 17.9. The fraction of sp³-hybridized carbons (Fsp3) is 0.611. The lowest BCUT2D eigenvalue weighted by Crippen LogP contribution is -2.23. The molecule has 0 radical (unpaired) electrons. The molecule has 1 fully saturated rings. The largest absolute Gasteiger partial charge is 0.376 e. The van der Waals surface area contributed by atoms with E-state index in [0.29, 0.717) is 19.8 Å². The van der Waals surface area contributed by atoms with Crippen LogP contribution in [0.25, 0.3) is 0 Å². The molecule has 5 nitrogen and oxygen atoms in total. The molecule has 0 saturated heterocycles. The first-order valence-corrected chi connectivity index (χ1v) is 8.39. The van der Waals surface area contributed by atoms with Gasteiger partial charge in [0.05, 0.1) is 25.9 Å². The van der Waals surface area contributed by atoms with Crippen molar-refractivity contribution in [2.24, 2.45) is 11.7 Å². The van der Waals surface area contributed by atoms with E-state index in [0.717, 1.165) is 30.5 Å². The molecule has 0 aromatic heterocycles.